The van der Waals surface area contributed by atoms with Gasteiger partial charge in [-0.1, -0.05) is 54.9 Å². The smallest absolute Gasteiger partial charge is 0.253 e. The van der Waals surface area contributed by atoms with Gasteiger partial charge in [-0.15, -0.1) is 0 Å². The Balaban J connectivity index is 1.88. The van der Waals surface area contributed by atoms with Gasteiger partial charge in [0.1, 0.15) is 0 Å². The van der Waals surface area contributed by atoms with E-state index in [4.69, 9.17) is 11.6 Å². The predicted molar refractivity (Wildman–Crippen MR) is 109 cm³/mol. The highest BCUT2D eigenvalue weighted by molar-refractivity contribution is 6.33. The normalized spacial score (nSPS) is 11.9. The van der Waals surface area contributed by atoms with Gasteiger partial charge in [0.05, 0.1) is 23.2 Å². The maximum atomic E-state index is 12.1. The molecule has 0 heterocycles. The Morgan fingerprint density at radius 3 is 2.30 bits per heavy atom. The summed E-state index contributed by atoms with van der Waals surface area (Å²) in [5, 5.41) is 5.84. The van der Waals surface area contributed by atoms with Gasteiger partial charge in [0, 0.05) is 6.54 Å². The largest absolute Gasteiger partial charge is 0.353 e. The van der Waals surface area contributed by atoms with Gasteiger partial charge in [0.25, 0.3) is 5.91 Å². The number of hydrogen-bond acceptors (Lipinski definition) is 3. The molecule has 2 amide bonds. The van der Waals surface area contributed by atoms with Gasteiger partial charge in [-0.25, -0.2) is 0 Å². The van der Waals surface area contributed by atoms with Crippen LogP contribution < -0.4 is 10.6 Å². The summed E-state index contributed by atoms with van der Waals surface area (Å²) in [6, 6.07) is 15.2. The molecular weight excluding hydrogens is 362 g/mol. The number of carbonyl (C=O) groups is 2. The Hall–Kier alpha value is -2.37. The van der Waals surface area contributed by atoms with Crippen molar-refractivity contribution >= 4 is 23.4 Å². The highest BCUT2D eigenvalue weighted by Crippen LogP contribution is 2.18. The second-order valence-electron chi connectivity index (χ2n) is 6.54. The average Bonchev–Trinajstić information content (AvgIpc) is 2.67. The zero-order chi connectivity index (χ0) is 19.8. The van der Waals surface area contributed by atoms with Gasteiger partial charge in [-0.2, -0.15) is 0 Å². The van der Waals surface area contributed by atoms with E-state index in [9.17, 15) is 9.59 Å². The Bertz CT molecular complexity index is 775. The van der Waals surface area contributed by atoms with Gasteiger partial charge >= 0.3 is 0 Å². The van der Waals surface area contributed by atoms with Gasteiger partial charge in [0.2, 0.25) is 5.91 Å². The number of amides is 2. The van der Waals surface area contributed by atoms with Crippen molar-refractivity contribution in [3.8, 4) is 0 Å². The van der Waals surface area contributed by atoms with Crippen LogP contribution in [0.15, 0.2) is 48.5 Å². The number of benzene rings is 2. The third kappa shape index (κ3) is 6.08. The number of carbonyl (C=O) groups excluding carboxylic acids is 2. The quantitative estimate of drug-likeness (QED) is 0.731. The molecule has 0 fully saturated rings. The predicted octanol–water partition coefficient (Wildman–Crippen LogP) is 3.05. The minimum atomic E-state index is -0.366. The first-order valence-corrected chi connectivity index (χ1v) is 9.34. The van der Waals surface area contributed by atoms with Gasteiger partial charge < -0.3 is 15.5 Å². The Morgan fingerprint density at radius 2 is 1.70 bits per heavy atom. The van der Waals surface area contributed by atoms with E-state index in [-0.39, 0.29) is 24.4 Å². The first kappa shape index (κ1) is 20.9. The van der Waals surface area contributed by atoms with E-state index in [2.05, 4.69) is 46.7 Å². The maximum absolute atomic E-state index is 12.1. The summed E-state index contributed by atoms with van der Waals surface area (Å²) in [4.78, 5) is 26.3. The number of nitrogens with one attached hydrogen (secondary N) is 2. The van der Waals surface area contributed by atoms with Crippen molar-refractivity contribution in [2.24, 2.45) is 0 Å². The summed E-state index contributed by atoms with van der Waals surface area (Å²) in [7, 11) is 3.95. The summed E-state index contributed by atoms with van der Waals surface area (Å²) in [5.74, 6) is -0.609. The standard InChI is InChI=1S/C21H26ClN3O2/c1-4-15-9-11-16(12-10-15)19(25(2)3)13-23-20(26)14-24-21(27)17-7-5-6-8-18(17)22/h5-12,19H,4,13-14H2,1-3H3,(H,23,26)(H,24,27). The molecule has 0 aliphatic carbocycles. The monoisotopic (exact) mass is 387 g/mol. The zero-order valence-electron chi connectivity index (χ0n) is 16.0. The highest BCUT2D eigenvalue weighted by Gasteiger charge is 2.16. The van der Waals surface area contributed by atoms with Crippen LogP contribution in [-0.2, 0) is 11.2 Å². The fourth-order valence-electron chi connectivity index (χ4n) is 2.75. The summed E-state index contributed by atoms with van der Waals surface area (Å²) < 4.78 is 0. The molecule has 0 saturated carbocycles. The van der Waals surface area contributed by atoms with Crippen LogP contribution in [0.1, 0.15) is 34.5 Å². The lowest BCUT2D eigenvalue weighted by atomic mass is 10.0. The Morgan fingerprint density at radius 1 is 1.04 bits per heavy atom. The number of aryl methyl sites for hydroxylation is 1. The third-order valence-corrected chi connectivity index (χ3v) is 4.75. The van der Waals surface area contributed by atoms with E-state index in [1.54, 1.807) is 24.3 Å². The molecule has 0 spiro atoms. The minimum Gasteiger partial charge on any atom is -0.353 e. The van der Waals surface area contributed by atoms with Crippen molar-refractivity contribution in [1.82, 2.24) is 15.5 Å². The number of likely N-dealkylation sites (N-methyl/N-ethyl adjacent to an activating group) is 1. The van der Waals surface area contributed by atoms with Crippen molar-refractivity contribution in [2.45, 2.75) is 19.4 Å². The highest BCUT2D eigenvalue weighted by atomic mass is 35.5. The lowest BCUT2D eigenvalue weighted by Gasteiger charge is -2.25. The van der Waals surface area contributed by atoms with Gasteiger partial charge in [-0.3, -0.25) is 9.59 Å². The van der Waals surface area contributed by atoms with Crippen molar-refractivity contribution < 1.29 is 9.59 Å². The molecule has 1 atom stereocenters. The van der Waals surface area contributed by atoms with E-state index in [1.165, 1.54) is 5.56 Å². The average molecular weight is 388 g/mol. The van der Waals surface area contributed by atoms with E-state index in [1.807, 2.05) is 14.1 Å². The van der Waals surface area contributed by atoms with Crippen molar-refractivity contribution in [3.05, 3.63) is 70.2 Å². The SMILES string of the molecule is CCc1ccc(C(CNC(=O)CNC(=O)c2ccccc2Cl)N(C)C)cc1. The number of halogens is 1. The molecular formula is C21H26ClN3O2. The molecule has 1 unspecified atom stereocenters. The minimum absolute atomic E-state index is 0.0547. The van der Waals surface area contributed by atoms with Crippen LogP contribution in [0.2, 0.25) is 5.02 Å². The number of rotatable bonds is 8. The molecule has 2 aromatic rings. The van der Waals surface area contributed by atoms with E-state index < -0.39 is 0 Å². The van der Waals surface area contributed by atoms with Crippen molar-refractivity contribution in [2.75, 3.05) is 27.2 Å². The summed E-state index contributed by atoms with van der Waals surface area (Å²) in [5.41, 5.74) is 2.77. The summed E-state index contributed by atoms with van der Waals surface area (Å²) >= 11 is 5.99. The topological polar surface area (TPSA) is 61.4 Å². The molecule has 0 saturated heterocycles. The molecule has 6 heteroatoms. The van der Waals surface area contributed by atoms with Gasteiger partial charge in [-0.05, 0) is 43.8 Å². The molecule has 0 aromatic heterocycles. The van der Waals surface area contributed by atoms with Crippen LogP contribution in [0.5, 0.6) is 0 Å². The Labute approximate surface area is 165 Å². The second-order valence-corrected chi connectivity index (χ2v) is 6.95. The molecule has 144 valence electrons. The first-order chi connectivity index (χ1) is 12.9. The molecule has 0 aliphatic heterocycles. The molecule has 0 radical (unpaired) electrons. The molecule has 5 nitrogen and oxygen atoms in total. The molecule has 0 bridgehead atoms. The van der Waals surface area contributed by atoms with Gasteiger partial charge in [0.15, 0.2) is 0 Å². The molecule has 27 heavy (non-hydrogen) atoms. The van der Waals surface area contributed by atoms with Crippen LogP contribution in [0.25, 0.3) is 0 Å². The van der Waals surface area contributed by atoms with E-state index in [0.717, 1.165) is 12.0 Å². The van der Waals surface area contributed by atoms with Crippen LogP contribution in [0, 0.1) is 0 Å². The number of hydrogen-bond donors (Lipinski definition) is 2. The van der Waals surface area contributed by atoms with Crippen molar-refractivity contribution in [3.63, 3.8) is 0 Å². The van der Waals surface area contributed by atoms with Crippen molar-refractivity contribution in [1.29, 1.82) is 0 Å². The third-order valence-electron chi connectivity index (χ3n) is 4.42. The zero-order valence-corrected chi connectivity index (χ0v) is 16.7. The fourth-order valence-corrected chi connectivity index (χ4v) is 2.97. The lowest BCUT2D eigenvalue weighted by molar-refractivity contribution is -0.120. The molecule has 2 aromatic carbocycles. The summed E-state index contributed by atoms with van der Waals surface area (Å²) in [6.45, 7) is 2.48. The van der Waals surface area contributed by atoms with Crippen LogP contribution in [0.3, 0.4) is 0 Å². The molecule has 2 N–H and O–H groups in total. The van der Waals surface area contributed by atoms with Crippen LogP contribution in [0.4, 0.5) is 0 Å². The second kappa shape index (κ2) is 10.1. The van der Waals surface area contributed by atoms with E-state index >= 15 is 0 Å². The lowest BCUT2D eigenvalue weighted by Crippen LogP contribution is -2.40. The maximum Gasteiger partial charge on any atom is 0.253 e. The fraction of sp³-hybridized carbons (Fsp3) is 0.333. The van der Waals surface area contributed by atoms with Crippen LogP contribution >= 0.6 is 11.6 Å². The summed E-state index contributed by atoms with van der Waals surface area (Å²) in [6.07, 6.45) is 0.995. The van der Waals surface area contributed by atoms with Crippen LogP contribution in [-0.4, -0.2) is 43.9 Å². The van der Waals surface area contributed by atoms with E-state index in [0.29, 0.717) is 17.1 Å². The molecule has 0 aliphatic rings. The molecule has 2 rings (SSSR count). The first-order valence-electron chi connectivity index (χ1n) is 8.97. The Kier molecular flexibility index (Phi) is 7.82. The number of nitrogens with zero attached hydrogens (tertiary/aromatic N) is 1.